The van der Waals surface area contributed by atoms with Crippen molar-refractivity contribution in [2.75, 3.05) is 5.32 Å². The topological polar surface area (TPSA) is 102 Å². The van der Waals surface area contributed by atoms with Gasteiger partial charge < -0.3 is 14.4 Å². The molecule has 190 valence electrons. The molecule has 1 heterocycles. The van der Waals surface area contributed by atoms with Crippen molar-refractivity contribution in [1.82, 2.24) is 5.16 Å². The third-order valence-electron chi connectivity index (χ3n) is 5.65. The summed E-state index contributed by atoms with van der Waals surface area (Å²) in [7, 11) is 0. The quantitative estimate of drug-likeness (QED) is 0.213. The van der Waals surface area contributed by atoms with Gasteiger partial charge in [-0.05, 0) is 37.1 Å². The minimum Gasteiger partial charge on any atom is -0.481 e. The van der Waals surface area contributed by atoms with Crippen LogP contribution in [0.25, 0.3) is 11.3 Å². The average molecular weight is 537 g/mol. The van der Waals surface area contributed by atoms with Gasteiger partial charge in [-0.3, -0.25) is 10.1 Å². The first kappa shape index (κ1) is 26.3. The van der Waals surface area contributed by atoms with Crippen molar-refractivity contribution < 1.29 is 24.0 Å². The van der Waals surface area contributed by atoms with Gasteiger partial charge in [-0.2, -0.15) is 0 Å². The van der Waals surface area contributed by atoms with Crippen LogP contribution in [0.4, 0.5) is 10.5 Å². The fraction of sp³-hybridized carbons (Fsp3) is 0.179. The number of nitrogens with one attached hydrogen (secondary N) is 1. The number of hydrogen-bond acceptors (Lipinski definition) is 6. The normalized spacial score (nSPS) is 11.6. The molecule has 0 radical (unpaired) electrons. The molecule has 0 aliphatic rings. The fourth-order valence-electron chi connectivity index (χ4n) is 3.75. The standard InChI is InChI=1S/C28H25ClN2O5S/c1-17(22-8-4-5-9-23(22)29)35-28(34)30-26-18(2)36-31-27(26)20-13-11-19(12-14-20)16-37-24-10-6-3-7-21(24)15-25(32)33/h3-14,17H,15-16H2,1-2H3,(H,30,34)(H,32,33). The number of carboxylic acids is 1. The molecule has 4 aromatic rings. The number of carbonyl (C=O) groups is 2. The van der Waals surface area contributed by atoms with Crippen LogP contribution in [0.15, 0.2) is 82.2 Å². The van der Waals surface area contributed by atoms with Crippen molar-refractivity contribution >= 4 is 41.1 Å². The van der Waals surface area contributed by atoms with E-state index in [4.69, 9.17) is 26.0 Å². The van der Waals surface area contributed by atoms with E-state index in [9.17, 15) is 9.59 Å². The molecule has 37 heavy (non-hydrogen) atoms. The molecule has 1 unspecified atom stereocenters. The van der Waals surface area contributed by atoms with E-state index in [1.54, 1.807) is 37.7 Å². The number of amides is 1. The molecule has 1 amide bonds. The minimum atomic E-state index is -0.855. The smallest absolute Gasteiger partial charge is 0.412 e. The molecular weight excluding hydrogens is 512 g/mol. The highest BCUT2D eigenvalue weighted by Crippen LogP contribution is 2.33. The van der Waals surface area contributed by atoms with Crippen LogP contribution in [0.2, 0.25) is 5.02 Å². The number of carboxylic acid groups (broad SMARTS) is 1. The number of nitrogens with zero attached hydrogens (tertiary/aromatic N) is 1. The predicted molar refractivity (Wildman–Crippen MR) is 144 cm³/mol. The zero-order valence-corrected chi connectivity index (χ0v) is 21.8. The first-order valence-electron chi connectivity index (χ1n) is 11.5. The van der Waals surface area contributed by atoms with Gasteiger partial charge in [0.2, 0.25) is 0 Å². The highest BCUT2D eigenvalue weighted by atomic mass is 35.5. The van der Waals surface area contributed by atoms with E-state index in [1.165, 1.54) is 0 Å². The molecule has 1 aromatic heterocycles. The Bertz CT molecular complexity index is 1400. The SMILES string of the molecule is Cc1onc(-c2ccc(CSc3ccccc3CC(=O)O)cc2)c1NC(=O)OC(C)c1ccccc1Cl. The second-order valence-corrected chi connectivity index (χ2v) is 9.74. The number of carbonyl (C=O) groups excluding carboxylic acids is 1. The van der Waals surface area contributed by atoms with Gasteiger partial charge in [-0.1, -0.05) is 77.4 Å². The Morgan fingerprint density at radius 2 is 1.78 bits per heavy atom. The number of aryl methyl sites for hydroxylation is 1. The van der Waals surface area contributed by atoms with E-state index in [-0.39, 0.29) is 6.42 Å². The van der Waals surface area contributed by atoms with Crippen LogP contribution in [0.1, 0.15) is 35.5 Å². The summed E-state index contributed by atoms with van der Waals surface area (Å²) >= 11 is 7.80. The summed E-state index contributed by atoms with van der Waals surface area (Å²) < 4.78 is 10.9. The lowest BCUT2D eigenvalue weighted by Gasteiger charge is -2.15. The maximum Gasteiger partial charge on any atom is 0.412 e. The van der Waals surface area contributed by atoms with Gasteiger partial charge in [0, 0.05) is 26.8 Å². The summed E-state index contributed by atoms with van der Waals surface area (Å²) in [5.41, 5.74) is 4.25. The molecule has 0 saturated carbocycles. The summed E-state index contributed by atoms with van der Waals surface area (Å²) in [6.07, 6.45) is -1.20. The molecule has 3 aromatic carbocycles. The molecule has 0 spiro atoms. The molecule has 0 fully saturated rings. The van der Waals surface area contributed by atoms with E-state index in [2.05, 4.69) is 10.5 Å². The van der Waals surface area contributed by atoms with E-state index in [0.717, 1.165) is 21.6 Å². The molecule has 4 rings (SSSR count). The highest BCUT2D eigenvalue weighted by molar-refractivity contribution is 7.98. The molecule has 7 nitrogen and oxygen atoms in total. The number of hydrogen-bond donors (Lipinski definition) is 2. The molecule has 1 atom stereocenters. The lowest BCUT2D eigenvalue weighted by atomic mass is 10.1. The Balaban J connectivity index is 1.42. The number of anilines is 1. The van der Waals surface area contributed by atoms with Crippen LogP contribution in [-0.4, -0.2) is 22.3 Å². The predicted octanol–water partition coefficient (Wildman–Crippen LogP) is 7.53. The number of aliphatic carboxylic acids is 1. The van der Waals surface area contributed by atoms with Crippen LogP contribution in [0.5, 0.6) is 0 Å². The zero-order valence-electron chi connectivity index (χ0n) is 20.2. The summed E-state index contributed by atoms with van der Waals surface area (Å²) in [5, 5.41) is 16.5. The van der Waals surface area contributed by atoms with Crippen LogP contribution in [-0.2, 0) is 21.7 Å². The van der Waals surface area contributed by atoms with Gasteiger partial charge in [-0.25, -0.2) is 4.79 Å². The van der Waals surface area contributed by atoms with E-state index in [1.807, 2.05) is 60.7 Å². The maximum absolute atomic E-state index is 12.6. The summed E-state index contributed by atoms with van der Waals surface area (Å²) in [5.74, 6) is 0.269. The minimum absolute atomic E-state index is 0.0109. The molecule has 0 aliphatic heterocycles. The van der Waals surface area contributed by atoms with Crippen molar-refractivity contribution in [3.63, 3.8) is 0 Å². The monoisotopic (exact) mass is 536 g/mol. The van der Waals surface area contributed by atoms with E-state index >= 15 is 0 Å². The third kappa shape index (κ3) is 6.72. The molecule has 9 heteroatoms. The van der Waals surface area contributed by atoms with Crippen molar-refractivity contribution in [3.8, 4) is 11.3 Å². The Hall–Kier alpha value is -3.75. The number of benzene rings is 3. The first-order chi connectivity index (χ1) is 17.8. The summed E-state index contributed by atoms with van der Waals surface area (Å²) in [6.45, 7) is 3.46. The lowest BCUT2D eigenvalue weighted by molar-refractivity contribution is -0.136. The van der Waals surface area contributed by atoms with Gasteiger partial charge in [0.05, 0.1) is 6.42 Å². The fourth-order valence-corrected chi connectivity index (χ4v) is 5.05. The van der Waals surface area contributed by atoms with Crippen LogP contribution in [0, 0.1) is 6.92 Å². The summed E-state index contributed by atoms with van der Waals surface area (Å²) in [6, 6.07) is 22.4. The Labute approximate surface area is 223 Å². The Morgan fingerprint density at radius 1 is 1.08 bits per heavy atom. The lowest BCUT2D eigenvalue weighted by Crippen LogP contribution is -2.17. The van der Waals surface area contributed by atoms with Gasteiger partial charge in [0.25, 0.3) is 0 Å². The van der Waals surface area contributed by atoms with Gasteiger partial charge in [-0.15, -0.1) is 11.8 Å². The highest BCUT2D eigenvalue weighted by Gasteiger charge is 2.20. The van der Waals surface area contributed by atoms with Gasteiger partial charge in [0.15, 0.2) is 5.76 Å². The van der Waals surface area contributed by atoms with Gasteiger partial charge >= 0.3 is 12.1 Å². The molecule has 0 saturated heterocycles. The van der Waals surface area contributed by atoms with Crippen LogP contribution >= 0.6 is 23.4 Å². The molecule has 0 aliphatic carbocycles. The van der Waals surface area contributed by atoms with Gasteiger partial charge in [0.1, 0.15) is 17.5 Å². The van der Waals surface area contributed by atoms with Crippen LogP contribution < -0.4 is 5.32 Å². The summed E-state index contributed by atoms with van der Waals surface area (Å²) in [4.78, 5) is 24.7. The first-order valence-corrected chi connectivity index (χ1v) is 12.9. The Kier molecular flexibility index (Phi) is 8.53. The van der Waals surface area contributed by atoms with Crippen molar-refractivity contribution in [2.45, 2.75) is 37.0 Å². The van der Waals surface area contributed by atoms with E-state index < -0.39 is 18.2 Å². The van der Waals surface area contributed by atoms with E-state index in [0.29, 0.717) is 33.5 Å². The van der Waals surface area contributed by atoms with Crippen molar-refractivity contribution in [2.24, 2.45) is 0 Å². The molecule has 2 N–H and O–H groups in total. The van der Waals surface area contributed by atoms with Crippen molar-refractivity contribution in [1.29, 1.82) is 0 Å². The number of aromatic nitrogens is 1. The second-order valence-electron chi connectivity index (χ2n) is 8.32. The molecular formula is C28H25ClN2O5S. The average Bonchev–Trinajstić information content (AvgIpc) is 3.23. The second kappa shape index (κ2) is 12.0. The Morgan fingerprint density at radius 3 is 2.51 bits per heavy atom. The van der Waals surface area contributed by atoms with Crippen LogP contribution in [0.3, 0.4) is 0 Å². The number of halogens is 1. The van der Waals surface area contributed by atoms with Crippen molar-refractivity contribution in [3.05, 3.63) is 100 Å². The molecule has 0 bridgehead atoms. The zero-order chi connectivity index (χ0) is 26.4. The maximum atomic E-state index is 12.6. The third-order valence-corrected chi connectivity index (χ3v) is 7.18. The number of ether oxygens (including phenoxy) is 1. The number of rotatable bonds is 9. The number of thioether (sulfide) groups is 1. The largest absolute Gasteiger partial charge is 0.481 e.